The molecule has 0 saturated carbocycles. The Kier molecular flexibility index (Phi) is 5.59. The molecule has 0 radical (unpaired) electrons. The van der Waals surface area contributed by atoms with Gasteiger partial charge in [-0.15, -0.1) is 0 Å². The summed E-state index contributed by atoms with van der Waals surface area (Å²) in [5.74, 6) is -2.30. The summed E-state index contributed by atoms with van der Waals surface area (Å²) < 4.78 is 13.4. The summed E-state index contributed by atoms with van der Waals surface area (Å²) in [6.45, 7) is 5.62. The Labute approximate surface area is 126 Å². The van der Waals surface area contributed by atoms with E-state index in [-0.39, 0.29) is 15.0 Å². The fourth-order valence-corrected chi connectivity index (χ4v) is 2.91. The lowest BCUT2D eigenvalue weighted by molar-refractivity contribution is -0.118. The van der Waals surface area contributed by atoms with Crippen LogP contribution in [0.4, 0.5) is 4.39 Å². The monoisotopic (exact) mass is 318 g/mol. The SMILES string of the molecule is CCCC(C)(C)C(=O)Sc1cc(C(=O)O)c(F)cc1Cl. The van der Waals surface area contributed by atoms with Gasteiger partial charge < -0.3 is 5.11 Å². The van der Waals surface area contributed by atoms with Gasteiger partial charge in [0.25, 0.3) is 0 Å². The van der Waals surface area contributed by atoms with Crippen molar-refractivity contribution in [3.05, 3.63) is 28.5 Å². The quantitative estimate of drug-likeness (QED) is 0.805. The summed E-state index contributed by atoms with van der Waals surface area (Å²) in [6, 6.07) is 2.03. The molecule has 1 rings (SSSR count). The lowest BCUT2D eigenvalue weighted by Gasteiger charge is -2.21. The third kappa shape index (κ3) is 3.96. The van der Waals surface area contributed by atoms with Gasteiger partial charge in [0.05, 0.1) is 10.6 Å². The van der Waals surface area contributed by atoms with Crippen molar-refractivity contribution in [3.63, 3.8) is 0 Å². The van der Waals surface area contributed by atoms with Gasteiger partial charge in [0.1, 0.15) is 5.82 Å². The zero-order valence-corrected chi connectivity index (χ0v) is 13.1. The van der Waals surface area contributed by atoms with E-state index in [1.165, 1.54) is 0 Å². The van der Waals surface area contributed by atoms with Gasteiger partial charge >= 0.3 is 5.97 Å². The molecule has 110 valence electrons. The van der Waals surface area contributed by atoms with Crippen molar-refractivity contribution < 1.29 is 19.1 Å². The predicted molar refractivity (Wildman–Crippen MR) is 77.9 cm³/mol. The van der Waals surface area contributed by atoms with E-state index in [2.05, 4.69) is 0 Å². The van der Waals surface area contributed by atoms with Gasteiger partial charge in [-0.3, -0.25) is 4.79 Å². The van der Waals surface area contributed by atoms with E-state index in [9.17, 15) is 14.0 Å². The number of hydrogen-bond acceptors (Lipinski definition) is 3. The molecule has 0 unspecified atom stereocenters. The number of carbonyl (C=O) groups is 2. The van der Waals surface area contributed by atoms with Gasteiger partial charge in [-0.25, -0.2) is 9.18 Å². The van der Waals surface area contributed by atoms with Crippen molar-refractivity contribution >= 4 is 34.4 Å². The van der Waals surface area contributed by atoms with Gasteiger partial charge in [0, 0.05) is 10.3 Å². The van der Waals surface area contributed by atoms with E-state index in [1.807, 2.05) is 20.8 Å². The molecular weight excluding hydrogens is 303 g/mol. The minimum atomic E-state index is -1.39. The molecule has 0 aromatic heterocycles. The molecule has 0 spiro atoms. The number of thioether (sulfide) groups is 1. The topological polar surface area (TPSA) is 54.4 Å². The molecule has 0 heterocycles. The molecule has 20 heavy (non-hydrogen) atoms. The van der Waals surface area contributed by atoms with Crippen molar-refractivity contribution in [2.75, 3.05) is 0 Å². The normalized spacial score (nSPS) is 11.4. The standard InChI is InChI=1S/C14H16ClFO3S/c1-4-5-14(2,3)13(19)20-11-6-8(12(17)18)10(16)7-9(11)15/h6-7H,4-5H2,1-3H3,(H,17,18). The fourth-order valence-electron chi connectivity index (χ4n) is 1.74. The lowest BCUT2D eigenvalue weighted by atomic mass is 9.90. The third-order valence-electron chi connectivity index (χ3n) is 2.88. The minimum absolute atomic E-state index is 0.0400. The highest BCUT2D eigenvalue weighted by Gasteiger charge is 2.28. The first kappa shape index (κ1) is 17.0. The maximum Gasteiger partial charge on any atom is 0.338 e. The van der Waals surface area contributed by atoms with E-state index in [1.54, 1.807) is 0 Å². The Morgan fingerprint density at radius 2 is 2.00 bits per heavy atom. The average molecular weight is 319 g/mol. The van der Waals surface area contributed by atoms with Gasteiger partial charge in [-0.2, -0.15) is 0 Å². The van der Waals surface area contributed by atoms with Crippen LogP contribution in [0, 0.1) is 11.2 Å². The number of benzene rings is 1. The molecule has 6 heteroatoms. The molecule has 0 aliphatic heterocycles. The summed E-state index contributed by atoms with van der Waals surface area (Å²) in [5, 5.41) is 8.80. The van der Waals surface area contributed by atoms with Crippen LogP contribution in [0.25, 0.3) is 0 Å². The molecule has 0 bridgehead atoms. The van der Waals surface area contributed by atoms with Crippen molar-refractivity contribution in [2.45, 2.75) is 38.5 Å². The number of aromatic carboxylic acids is 1. The first-order valence-electron chi connectivity index (χ1n) is 6.13. The van der Waals surface area contributed by atoms with Gasteiger partial charge in [0.15, 0.2) is 5.12 Å². The number of halogens is 2. The number of carboxylic acids is 1. The summed E-state index contributed by atoms with van der Waals surface area (Å²) in [7, 11) is 0. The van der Waals surface area contributed by atoms with Crippen LogP contribution in [0.3, 0.4) is 0 Å². The van der Waals surface area contributed by atoms with Crippen molar-refractivity contribution in [2.24, 2.45) is 5.41 Å². The molecular formula is C14H16ClFO3S. The second-order valence-electron chi connectivity index (χ2n) is 5.09. The molecule has 1 aromatic rings. The third-order valence-corrected chi connectivity index (χ3v) is 4.60. The number of rotatable bonds is 5. The van der Waals surface area contributed by atoms with Gasteiger partial charge in [-0.05, 0) is 30.3 Å². The fraction of sp³-hybridized carbons (Fsp3) is 0.429. The zero-order valence-electron chi connectivity index (χ0n) is 11.5. The van der Waals surface area contributed by atoms with Crippen LogP contribution in [0.1, 0.15) is 44.0 Å². The van der Waals surface area contributed by atoms with Gasteiger partial charge in [0.2, 0.25) is 0 Å². The molecule has 0 amide bonds. The van der Waals surface area contributed by atoms with E-state index in [0.717, 1.165) is 30.3 Å². The Balaban J connectivity index is 3.07. The largest absolute Gasteiger partial charge is 0.478 e. The predicted octanol–water partition coefficient (Wildman–Crippen LogP) is 4.62. The van der Waals surface area contributed by atoms with Crippen LogP contribution in [0.5, 0.6) is 0 Å². The number of hydrogen-bond donors (Lipinski definition) is 1. The van der Waals surface area contributed by atoms with E-state index in [4.69, 9.17) is 16.7 Å². The van der Waals surface area contributed by atoms with Crippen molar-refractivity contribution in [3.8, 4) is 0 Å². The Bertz CT molecular complexity index is 543. The Morgan fingerprint density at radius 1 is 1.40 bits per heavy atom. The van der Waals surface area contributed by atoms with Crippen LogP contribution in [-0.4, -0.2) is 16.2 Å². The molecule has 0 aliphatic carbocycles. The van der Waals surface area contributed by atoms with Crippen molar-refractivity contribution in [1.29, 1.82) is 0 Å². The van der Waals surface area contributed by atoms with Gasteiger partial charge in [-0.1, -0.05) is 38.8 Å². The smallest absolute Gasteiger partial charge is 0.338 e. The maximum absolute atomic E-state index is 13.4. The molecule has 3 nitrogen and oxygen atoms in total. The Morgan fingerprint density at radius 3 is 2.50 bits per heavy atom. The zero-order chi connectivity index (χ0) is 15.5. The minimum Gasteiger partial charge on any atom is -0.478 e. The van der Waals surface area contributed by atoms with Crippen LogP contribution < -0.4 is 0 Å². The van der Waals surface area contributed by atoms with E-state index < -0.39 is 22.8 Å². The highest BCUT2D eigenvalue weighted by atomic mass is 35.5. The first-order valence-corrected chi connectivity index (χ1v) is 7.33. The summed E-state index contributed by atoms with van der Waals surface area (Å²) >= 11 is 6.73. The second kappa shape index (κ2) is 6.59. The molecule has 1 N–H and O–H groups in total. The molecule has 0 atom stereocenters. The molecule has 0 aliphatic rings. The highest BCUT2D eigenvalue weighted by molar-refractivity contribution is 8.13. The molecule has 0 fully saturated rings. The average Bonchev–Trinajstić information content (AvgIpc) is 2.31. The number of carboxylic acid groups (broad SMARTS) is 1. The summed E-state index contributed by atoms with van der Waals surface area (Å²) in [5.41, 5.74) is -1.03. The summed E-state index contributed by atoms with van der Waals surface area (Å²) in [6.07, 6.45) is 1.57. The summed E-state index contributed by atoms with van der Waals surface area (Å²) in [4.78, 5) is 23.4. The molecule has 0 saturated heterocycles. The van der Waals surface area contributed by atoms with Crippen LogP contribution >= 0.6 is 23.4 Å². The van der Waals surface area contributed by atoms with E-state index >= 15 is 0 Å². The van der Waals surface area contributed by atoms with Crippen LogP contribution in [-0.2, 0) is 4.79 Å². The Hall–Kier alpha value is -1.07. The first-order chi connectivity index (χ1) is 9.19. The molecule has 1 aromatic carbocycles. The van der Waals surface area contributed by atoms with Crippen molar-refractivity contribution in [1.82, 2.24) is 0 Å². The lowest BCUT2D eigenvalue weighted by Crippen LogP contribution is -2.21. The number of carbonyl (C=O) groups excluding carboxylic acids is 1. The van der Waals surface area contributed by atoms with Crippen LogP contribution in [0.15, 0.2) is 17.0 Å². The second-order valence-corrected chi connectivity index (χ2v) is 6.51. The van der Waals surface area contributed by atoms with E-state index in [0.29, 0.717) is 6.42 Å². The van der Waals surface area contributed by atoms with Crippen LogP contribution in [0.2, 0.25) is 5.02 Å². The highest BCUT2D eigenvalue weighted by Crippen LogP contribution is 2.37. The maximum atomic E-state index is 13.4.